The minimum Gasteiger partial charge on any atom is -0.506 e. The Morgan fingerprint density at radius 3 is 1.71 bits per heavy atom. The molecule has 0 fully saturated rings. The summed E-state index contributed by atoms with van der Waals surface area (Å²) in [6.07, 6.45) is 20.5. The Bertz CT molecular complexity index is 1930. The predicted molar refractivity (Wildman–Crippen MR) is 219 cm³/mol. The third-order valence-electron chi connectivity index (χ3n) is 9.98. The van der Waals surface area contributed by atoms with E-state index in [1.54, 1.807) is 30.3 Å². The summed E-state index contributed by atoms with van der Waals surface area (Å²) in [5.41, 5.74) is 0.757. The lowest BCUT2D eigenvalue weighted by Crippen LogP contribution is -2.22. The van der Waals surface area contributed by atoms with Crippen LogP contribution in [0.5, 0.6) is 11.5 Å². The lowest BCUT2D eigenvalue weighted by atomic mass is 10.0. The fraction of sp³-hybridized carbons (Fsp3) is 0.432. The molecule has 4 rings (SSSR count). The van der Waals surface area contributed by atoms with Crippen LogP contribution in [-0.2, 0) is 0 Å². The minimum absolute atomic E-state index is 0.00418. The number of hydrogen-bond acceptors (Lipinski definition) is 8. The van der Waals surface area contributed by atoms with Gasteiger partial charge in [0.2, 0.25) is 0 Å². The highest BCUT2D eigenvalue weighted by atomic mass is 16.4. The molecule has 0 radical (unpaired) electrons. The van der Waals surface area contributed by atoms with E-state index in [0.29, 0.717) is 23.0 Å². The molecule has 0 bridgehead atoms. The van der Waals surface area contributed by atoms with Gasteiger partial charge < -0.3 is 30.6 Å². The predicted octanol–water partition coefficient (Wildman–Crippen LogP) is 12.0. The van der Waals surface area contributed by atoms with Crippen molar-refractivity contribution < 1.29 is 34.8 Å². The molecule has 0 aliphatic carbocycles. The number of azo groups is 1. The number of carboxylic acids is 2. The number of hydrogen-bond donors (Lipinski definition) is 5. The summed E-state index contributed by atoms with van der Waals surface area (Å²) >= 11 is 0. The lowest BCUT2D eigenvalue weighted by molar-refractivity contribution is 0.0686. The molecule has 0 aliphatic heterocycles. The second kappa shape index (κ2) is 22.1. The van der Waals surface area contributed by atoms with Crippen molar-refractivity contribution in [3.63, 3.8) is 0 Å². The van der Waals surface area contributed by atoms with E-state index in [1.165, 1.54) is 120 Å². The molecule has 0 aliphatic rings. The summed E-state index contributed by atoms with van der Waals surface area (Å²) in [6, 6.07) is 16.2. The Morgan fingerprint density at radius 2 is 1.13 bits per heavy atom. The number of amides is 1. The number of phenolic OH excluding ortho intramolecular Hbond substituents is 2. The zero-order valence-corrected chi connectivity index (χ0v) is 32.2. The monoisotopic (exact) mass is 752 g/mol. The first-order valence-corrected chi connectivity index (χ1v) is 19.7. The molecule has 0 aromatic heterocycles. The van der Waals surface area contributed by atoms with Crippen molar-refractivity contribution in [1.82, 2.24) is 0 Å². The van der Waals surface area contributed by atoms with Gasteiger partial charge in [-0.15, -0.1) is 10.2 Å². The van der Waals surface area contributed by atoms with Crippen molar-refractivity contribution in [2.75, 3.05) is 23.8 Å². The first-order valence-electron chi connectivity index (χ1n) is 19.7. The highest BCUT2D eigenvalue weighted by Crippen LogP contribution is 2.39. The van der Waals surface area contributed by atoms with E-state index >= 15 is 0 Å². The number of aromatic hydroxyl groups is 2. The number of unbranched alkanes of at least 4 members (excludes halogenated alkanes) is 15. The van der Waals surface area contributed by atoms with Gasteiger partial charge in [-0.1, -0.05) is 128 Å². The molecular weight excluding hydrogens is 697 g/mol. The van der Waals surface area contributed by atoms with Crippen molar-refractivity contribution in [3.05, 3.63) is 83.4 Å². The number of carboxylic acid groups (broad SMARTS) is 2. The number of rotatable bonds is 24. The molecule has 4 aromatic carbocycles. The average molecular weight is 753 g/mol. The number of nitrogens with zero attached hydrogens (tertiary/aromatic N) is 3. The number of carbonyl (C=O) groups is 3. The maximum Gasteiger partial charge on any atom is 0.335 e. The molecular formula is C44H56N4O7. The van der Waals surface area contributed by atoms with Crippen LogP contribution in [-0.4, -0.2) is 51.9 Å². The Morgan fingerprint density at radius 1 is 0.618 bits per heavy atom. The van der Waals surface area contributed by atoms with E-state index < -0.39 is 17.8 Å². The quantitative estimate of drug-likeness (QED) is 0.0347. The van der Waals surface area contributed by atoms with Crippen LogP contribution in [0.15, 0.2) is 77.0 Å². The maximum absolute atomic E-state index is 13.8. The molecule has 0 heterocycles. The van der Waals surface area contributed by atoms with E-state index in [4.69, 9.17) is 0 Å². The Hall–Kier alpha value is -5.45. The summed E-state index contributed by atoms with van der Waals surface area (Å²) < 4.78 is 0. The highest BCUT2D eigenvalue weighted by Gasteiger charge is 2.21. The van der Waals surface area contributed by atoms with Gasteiger partial charge >= 0.3 is 11.9 Å². The van der Waals surface area contributed by atoms with Crippen LogP contribution in [0.3, 0.4) is 0 Å². The molecule has 11 heteroatoms. The van der Waals surface area contributed by atoms with Gasteiger partial charge in [0.15, 0.2) is 0 Å². The van der Waals surface area contributed by atoms with Gasteiger partial charge in [0.1, 0.15) is 17.2 Å². The molecule has 0 saturated carbocycles. The van der Waals surface area contributed by atoms with Crippen molar-refractivity contribution in [2.45, 2.75) is 110 Å². The molecule has 11 nitrogen and oxygen atoms in total. The summed E-state index contributed by atoms with van der Waals surface area (Å²) in [7, 11) is 1.90. The SMILES string of the molecule is CCCCCCCCCCCCCCCCCCN(C)c1ccc(C(=O)O)cc1NC(=O)c1cc(N=Nc2cc(C(=O)O)ccc2O)c2ccccc2c1O. The molecule has 294 valence electrons. The van der Waals surface area contributed by atoms with Crippen molar-refractivity contribution in [2.24, 2.45) is 10.2 Å². The summed E-state index contributed by atoms with van der Waals surface area (Å²) in [6.45, 7) is 2.96. The first-order chi connectivity index (χ1) is 26.6. The standard InChI is InChI=1S/C44H56N4O7/c1-3-4-5-6-7-8-9-10-11-12-13-14-15-16-17-20-27-48(2)39-25-23-31(43(52)53)28-37(39)45-42(51)35-30-36(33-21-18-19-22-34(33)41(35)50)46-47-38-29-32(44(54)55)24-26-40(38)49/h18-19,21-26,28-30,49-50H,3-17,20,27H2,1-2H3,(H,45,51)(H,52,53)(H,54,55). The molecule has 1 amide bonds. The van der Waals surface area contributed by atoms with E-state index in [2.05, 4.69) is 22.5 Å². The van der Waals surface area contributed by atoms with Crippen molar-refractivity contribution in [3.8, 4) is 11.5 Å². The number of phenols is 2. The van der Waals surface area contributed by atoms with E-state index in [9.17, 15) is 34.8 Å². The number of aromatic carboxylic acids is 2. The van der Waals surface area contributed by atoms with Crippen LogP contribution in [0.4, 0.5) is 22.7 Å². The molecule has 0 saturated heterocycles. The maximum atomic E-state index is 13.8. The third kappa shape index (κ3) is 12.8. The van der Waals surface area contributed by atoms with Crippen LogP contribution < -0.4 is 10.2 Å². The van der Waals surface area contributed by atoms with Crippen LogP contribution in [0.25, 0.3) is 10.8 Å². The van der Waals surface area contributed by atoms with Gasteiger partial charge in [-0.2, -0.15) is 0 Å². The van der Waals surface area contributed by atoms with Crippen molar-refractivity contribution >= 4 is 51.4 Å². The molecule has 0 atom stereocenters. The minimum atomic E-state index is -1.20. The number of carbonyl (C=O) groups excluding carboxylic acids is 1. The largest absolute Gasteiger partial charge is 0.506 e. The lowest BCUT2D eigenvalue weighted by Gasteiger charge is -2.23. The molecule has 4 aromatic rings. The zero-order valence-electron chi connectivity index (χ0n) is 32.2. The van der Waals surface area contributed by atoms with Crippen LogP contribution in [0.1, 0.15) is 141 Å². The number of fused-ring (bicyclic) bond motifs is 1. The Kier molecular flexibility index (Phi) is 17.0. The van der Waals surface area contributed by atoms with Gasteiger partial charge in [-0.25, -0.2) is 9.59 Å². The van der Waals surface area contributed by atoms with Crippen LogP contribution >= 0.6 is 0 Å². The molecule has 55 heavy (non-hydrogen) atoms. The normalized spacial score (nSPS) is 11.3. The number of benzene rings is 4. The Balaban J connectivity index is 1.37. The van der Waals surface area contributed by atoms with Gasteiger partial charge in [0.25, 0.3) is 5.91 Å². The van der Waals surface area contributed by atoms with Crippen molar-refractivity contribution in [1.29, 1.82) is 0 Å². The summed E-state index contributed by atoms with van der Waals surface area (Å²) in [4.78, 5) is 39.2. The van der Waals surface area contributed by atoms with Gasteiger partial charge in [0, 0.05) is 24.4 Å². The molecule has 0 spiro atoms. The smallest absolute Gasteiger partial charge is 0.335 e. The first kappa shape index (κ1) is 42.3. The van der Waals surface area contributed by atoms with Gasteiger partial charge in [-0.05, 0) is 48.9 Å². The van der Waals surface area contributed by atoms with Gasteiger partial charge in [-0.3, -0.25) is 4.79 Å². The topological polar surface area (TPSA) is 172 Å². The number of anilines is 2. The van der Waals surface area contributed by atoms with Gasteiger partial charge in [0.05, 0.1) is 33.8 Å². The number of nitrogens with one attached hydrogen (secondary N) is 1. The van der Waals surface area contributed by atoms with E-state index in [0.717, 1.165) is 19.3 Å². The Labute approximate surface area is 324 Å². The summed E-state index contributed by atoms with van der Waals surface area (Å²) in [5.74, 6) is -3.64. The second-order valence-corrected chi connectivity index (χ2v) is 14.3. The van der Waals surface area contributed by atoms with E-state index in [-0.39, 0.29) is 45.3 Å². The fourth-order valence-electron chi connectivity index (χ4n) is 6.75. The highest BCUT2D eigenvalue weighted by molar-refractivity contribution is 6.13. The molecule has 5 N–H and O–H groups in total. The second-order valence-electron chi connectivity index (χ2n) is 14.3. The zero-order chi connectivity index (χ0) is 39.6. The van der Waals surface area contributed by atoms with Crippen LogP contribution in [0, 0.1) is 0 Å². The summed E-state index contributed by atoms with van der Waals surface area (Å²) in [5, 5.41) is 52.5. The van der Waals surface area contributed by atoms with E-state index in [1.807, 2.05) is 11.9 Å². The van der Waals surface area contributed by atoms with Crippen LogP contribution in [0.2, 0.25) is 0 Å². The average Bonchev–Trinajstić information content (AvgIpc) is 3.17. The third-order valence-corrected chi connectivity index (χ3v) is 9.98. The molecule has 0 unspecified atom stereocenters. The fourth-order valence-corrected chi connectivity index (χ4v) is 6.75.